The van der Waals surface area contributed by atoms with Crippen LogP contribution >= 0.6 is 11.6 Å². The van der Waals surface area contributed by atoms with Crippen molar-refractivity contribution in [1.29, 1.82) is 0 Å². The lowest BCUT2D eigenvalue weighted by Gasteiger charge is -2.14. The second-order valence-electron chi connectivity index (χ2n) is 5.96. The molecule has 3 rings (SSSR count). The number of halogens is 1. The second-order valence-corrected chi connectivity index (χ2v) is 6.40. The Labute approximate surface area is 166 Å². The van der Waals surface area contributed by atoms with E-state index in [0.29, 0.717) is 28.0 Å². The molecular weight excluding hydrogens is 384 g/mol. The predicted octanol–water partition coefficient (Wildman–Crippen LogP) is 3.45. The molecule has 1 N–H and O–H groups in total. The van der Waals surface area contributed by atoms with Crippen LogP contribution in [0.1, 0.15) is 6.92 Å². The first-order chi connectivity index (χ1) is 13.5. The van der Waals surface area contributed by atoms with E-state index in [1.165, 1.54) is 24.1 Å². The minimum atomic E-state index is -0.611. The van der Waals surface area contributed by atoms with E-state index in [2.05, 4.69) is 4.98 Å². The van der Waals surface area contributed by atoms with E-state index in [9.17, 15) is 9.90 Å². The molecule has 1 heterocycles. The number of hydrogen-bond acceptors (Lipinski definition) is 6. The predicted molar refractivity (Wildman–Crippen MR) is 105 cm³/mol. The highest BCUT2D eigenvalue weighted by molar-refractivity contribution is 6.30. The normalized spacial score (nSPS) is 11.7. The highest BCUT2D eigenvalue weighted by Crippen LogP contribution is 2.29. The Hall–Kier alpha value is -3.03. The summed E-state index contributed by atoms with van der Waals surface area (Å²) >= 11 is 5.86. The highest BCUT2D eigenvalue weighted by atomic mass is 35.5. The van der Waals surface area contributed by atoms with Crippen LogP contribution in [0.25, 0.3) is 5.69 Å². The van der Waals surface area contributed by atoms with Crippen molar-refractivity contribution < 1.29 is 19.3 Å². The lowest BCUT2D eigenvalue weighted by molar-refractivity contribution is 0.120. The number of aliphatic hydroxyl groups excluding tert-OH is 1. The average Bonchev–Trinajstić information content (AvgIpc) is 2.69. The van der Waals surface area contributed by atoms with E-state index in [4.69, 9.17) is 25.8 Å². The van der Waals surface area contributed by atoms with Crippen LogP contribution in [-0.2, 0) is 0 Å². The SMILES string of the molecule is COc1cc(-n2ccnc(Oc3ccc(Cl)cc3)c2=O)ccc1OC[C@@H](C)O. The molecule has 0 aliphatic rings. The molecule has 2 aromatic carbocycles. The van der Waals surface area contributed by atoms with Crippen molar-refractivity contribution in [2.24, 2.45) is 0 Å². The minimum absolute atomic E-state index is 0.0711. The number of hydrogen-bond donors (Lipinski definition) is 1. The summed E-state index contributed by atoms with van der Waals surface area (Å²) in [5.41, 5.74) is 0.117. The quantitative estimate of drug-likeness (QED) is 0.651. The number of nitrogens with zero attached hydrogens (tertiary/aromatic N) is 2. The first kappa shape index (κ1) is 19.7. The Bertz CT molecular complexity index is 1000. The molecule has 0 spiro atoms. The van der Waals surface area contributed by atoms with Crippen LogP contribution in [0.4, 0.5) is 0 Å². The fourth-order valence-corrected chi connectivity index (χ4v) is 2.54. The van der Waals surface area contributed by atoms with Crippen LogP contribution in [-0.4, -0.2) is 34.5 Å². The molecule has 0 saturated carbocycles. The maximum atomic E-state index is 12.8. The van der Waals surface area contributed by atoms with Crippen molar-refractivity contribution >= 4 is 11.6 Å². The first-order valence-electron chi connectivity index (χ1n) is 8.48. The Morgan fingerprint density at radius 3 is 2.61 bits per heavy atom. The van der Waals surface area contributed by atoms with Crippen molar-refractivity contribution in [3.05, 3.63) is 70.2 Å². The van der Waals surface area contributed by atoms with Crippen LogP contribution in [0.15, 0.2) is 59.7 Å². The first-order valence-corrected chi connectivity index (χ1v) is 8.86. The minimum Gasteiger partial charge on any atom is -0.493 e. The van der Waals surface area contributed by atoms with Crippen LogP contribution in [0.5, 0.6) is 23.1 Å². The van der Waals surface area contributed by atoms with E-state index >= 15 is 0 Å². The van der Waals surface area contributed by atoms with E-state index in [-0.39, 0.29) is 12.5 Å². The van der Waals surface area contributed by atoms with Gasteiger partial charge in [0.1, 0.15) is 12.4 Å². The molecule has 1 atom stereocenters. The molecule has 0 radical (unpaired) electrons. The molecule has 7 nitrogen and oxygen atoms in total. The topological polar surface area (TPSA) is 82.8 Å². The molecule has 0 bridgehead atoms. The fourth-order valence-electron chi connectivity index (χ4n) is 2.42. The van der Waals surface area contributed by atoms with Crippen LogP contribution in [0.2, 0.25) is 5.02 Å². The number of benzene rings is 2. The van der Waals surface area contributed by atoms with Gasteiger partial charge in [0.15, 0.2) is 11.5 Å². The van der Waals surface area contributed by atoms with Gasteiger partial charge in [-0.25, -0.2) is 4.98 Å². The Balaban J connectivity index is 1.91. The zero-order chi connectivity index (χ0) is 20.1. The molecule has 0 fully saturated rings. The highest BCUT2D eigenvalue weighted by Gasteiger charge is 2.12. The van der Waals surface area contributed by atoms with Gasteiger partial charge in [-0.1, -0.05) is 11.6 Å². The Kier molecular flexibility index (Phi) is 6.18. The van der Waals surface area contributed by atoms with Gasteiger partial charge in [0.05, 0.1) is 18.9 Å². The zero-order valence-corrected chi connectivity index (χ0v) is 16.1. The molecule has 0 amide bonds. The van der Waals surface area contributed by atoms with E-state index in [1.807, 2.05) is 0 Å². The summed E-state index contributed by atoms with van der Waals surface area (Å²) in [5, 5.41) is 9.94. The molecule has 0 saturated heterocycles. The number of aromatic nitrogens is 2. The smallest absolute Gasteiger partial charge is 0.318 e. The maximum Gasteiger partial charge on any atom is 0.318 e. The summed E-state index contributed by atoms with van der Waals surface area (Å²) in [6, 6.07) is 11.7. The molecule has 3 aromatic rings. The number of rotatable bonds is 7. The standard InChI is InChI=1S/C20H19ClN2O5/c1-13(24)12-27-17-8-5-15(11-18(17)26-2)23-10-9-22-19(20(23)25)28-16-6-3-14(21)4-7-16/h3-11,13,24H,12H2,1-2H3/t13-/m1/s1. The third kappa shape index (κ3) is 4.62. The molecular formula is C20H19ClN2O5. The van der Waals surface area contributed by atoms with Crippen molar-refractivity contribution in [1.82, 2.24) is 9.55 Å². The molecule has 146 valence electrons. The van der Waals surface area contributed by atoms with Gasteiger partial charge in [0.2, 0.25) is 0 Å². The molecule has 0 unspecified atom stereocenters. The van der Waals surface area contributed by atoms with Gasteiger partial charge in [-0.2, -0.15) is 0 Å². The van der Waals surface area contributed by atoms with Gasteiger partial charge in [-0.05, 0) is 43.3 Å². The van der Waals surface area contributed by atoms with Gasteiger partial charge in [-0.15, -0.1) is 0 Å². The van der Waals surface area contributed by atoms with Crippen molar-refractivity contribution in [2.45, 2.75) is 13.0 Å². The van der Waals surface area contributed by atoms with Crippen LogP contribution < -0.4 is 19.8 Å². The van der Waals surface area contributed by atoms with Crippen molar-refractivity contribution in [3.8, 4) is 28.8 Å². The van der Waals surface area contributed by atoms with Crippen molar-refractivity contribution in [2.75, 3.05) is 13.7 Å². The fraction of sp³-hybridized carbons (Fsp3) is 0.200. The number of ether oxygens (including phenoxy) is 3. The Morgan fingerprint density at radius 2 is 1.93 bits per heavy atom. The van der Waals surface area contributed by atoms with E-state index in [1.54, 1.807) is 49.4 Å². The molecule has 0 aliphatic carbocycles. The van der Waals surface area contributed by atoms with E-state index < -0.39 is 11.7 Å². The summed E-state index contributed by atoms with van der Waals surface area (Å²) < 4.78 is 17.8. The third-order valence-electron chi connectivity index (χ3n) is 3.74. The van der Waals surface area contributed by atoms with Gasteiger partial charge in [0, 0.05) is 23.5 Å². The molecule has 28 heavy (non-hydrogen) atoms. The average molecular weight is 403 g/mol. The summed E-state index contributed by atoms with van der Waals surface area (Å²) in [4.78, 5) is 16.8. The van der Waals surface area contributed by atoms with Gasteiger partial charge >= 0.3 is 5.56 Å². The van der Waals surface area contributed by atoms with Crippen LogP contribution in [0.3, 0.4) is 0 Å². The molecule has 0 aliphatic heterocycles. The van der Waals surface area contributed by atoms with Gasteiger partial charge in [-0.3, -0.25) is 9.36 Å². The molecule has 1 aromatic heterocycles. The monoisotopic (exact) mass is 402 g/mol. The lowest BCUT2D eigenvalue weighted by Crippen LogP contribution is -2.20. The maximum absolute atomic E-state index is 12.8. The van der Waals surface area contributed by atoms with E-state index in [0.717, 1.165) is 0 Å². The number of aliphatic hydroxyl groups is 1. The van der Waals surface area contributed by atoms with Crippen molar-refractivity contribution in [3.63, 3.8) is 0 Å². The summed E-state index contributed by atoms with van der Waals surface area (Å²) in [6.07, 6.45) is 2.39. The number of methoxy groups -OCH3 is 1. The van der Waals surface area contributed by atoms with Gasteiger partial charge < -0.3 is 19.3 Å². The zero-order valence-electron chi connectivity index (χ0n) is 15.3. The van der Waals surface area contributed by atoms with Gasteiger partial charge in [0.25, 0.3) is 5.88 Å². The summed E-state index contributed by atoms with van der Waals surface area (Å²) in [5.74, 6) is 1.28. The third-order valence-corrected chi connectivity index (χ3v) is 3.99. The lowest BCUT2D eigenvalue weighted by atomic mass is 10.2. The van der Waals surface area contributed by atoms with Crippen LogP contribution in [0, 0.1) is 0 Å². The summed E-state index contributed by atoms with van der Waals surface area (Å²) in [7, 11) is 1.50. The largest absolute Gasteiger partial charge is 0.493 e. The Morgan fingerprint density at radius 1 is 1.18 bits per heavy atom. The molecule has 8 heteroatoms. The summed E-state index contributed by atoms with van der Waals surface area (Å²) in [6.45, 7) is 1.75. The second kappa shape index (κ2) is 8.77.